The Morgan fingerprint density at radius 3 is 2.61 bits per heavy atom. The average Bonchev–Trinajstić information content (AvgIpc) is 2.73. The van der Waals surface area contributed by atoms with Gasteiger partial charge in [0.15, 0.2) is 6.61 Å². The molecule has 2 amide bonds. The fourth-order valence-electron chi connectivity index (χ4n) is 3.35. The predicted molar refractivity (Wildman–Crippen MR) is 120 cm³/mol. The van der Waals surface area contributed by atoms with Crippen LogP contribution in [0.2, 0.25) is 0 Å². The zero-order valence-electron chi connectivity index (χ0n) is 18.2. The van der Waals surface area contributed by atoms with Crippen molar-refractivity contribution in [3.8, 4) is 5.75 Å². The number of rotatable bonds is 7. The third kappa shape index (κ3) is 5.12. The van der Waals surface area contributed by atoms with E-state index in [1.165, 1.54) is 11.0 Å². The number of benzene rings is 2. The number of nitrogens with zero attached hydrogens (tertiary/aromatic N) is 1. The number of fused-ring (bicyclic) bond motifs is 1. The molecule has 0 fully saturated rings. The van der Waals surface area contributed by atoms with E-state index in [1.54, 1.807) is 26.1 Å². The van der Waals surface area contributed by atoms with Gasteiger partial charge in [-0.25, -0.2) is 4.79 Å². The van der Waals surface area contributed by atoms with Crippen molar-refractivity contribution in [3.05, 3.63) is 69.6 Å². The summed E-state index contributed by atoms with van der Waals surface area (Å²) in [7, 11) is 1.55. The summed E-state index contributed by atoms with van der Waals surface area (Å²) >= 11 is 0. The molecule has 7 heteroatoms. The summed E-state index contributed by atoms with van der Waals surface area (Å²) in [6, 6.07) is 12.5. The van der Waals surface area contributed by atoms with Gasteiger partial charge in [-0.2, -0.15) is 0 Å². The van der Waals surface area contributed by atoms with Crippen LogP contribution in [0.4, 0.5) is 5.69 Å². The van der Waals surface area contributed by atoms with E-state index in [2.05, 4.69) is 5.32 Å². The second kappa shape index (κ2) is 9.47. The standard InChI is InChI=1S/C24H26N2O5/c1-5-17-8-6-7-9-19(17)25-21(27)13-26(4)22(28)14-30-20-11-10-18-15(2)12-23(29)31-24(18)16(20)3/h6-12H,5,13-14H2,1-4H3,(H,25,27). The van der Waals surface area contributed by atoms with Crippen molar-refractivity contribution >= 4 is 28.5 Å². The number of nitrogens with one attached hydrogen (secondary N) is 1. The number of likely N-dealkylation sites (N-methyl/N-ethyl adjacent to an activating group) is 1. The van der Waals surface area contributed by atoms with E-state index in [4.69, 9.17) is 9.15 Å². The first-order valence-corrected chi connectivity index (χ1v) is 10.1. The third-order valence-corrected chi connectivity index (χ3v) is 5.15. The van der Waals surface area contributed by atoms with Gasteiger partial charge in [0.2, 0.25) is 5.91 Å². The van der Waals surface area contributed by atoms with E-state index in [9.17, 15) is 14.4 Å². The Morgan fingerprint density at radius 1 is 1.13 bits per heavy atom. The van der Waals surface area contributed by atoms with Crippen LogP contribution in [-0.2, 0) is 16.0 Å². The van der Waals surface area contributed by atoms with Crippen molar-refractivity contribution in [2.75, 3.05) is 25.5 Å². The Bertz CT molecular complexity index is 1180. The van der Waals surface area contributed by atoms with Crippen LogP contribution in [0.1, 0.15) is 23.6 Å². The maximum absolute atomic E-state index is 12.5. The molecule has 3 rings (SSSR count). The summed E-state index contributed by atoms with van der Waals surface area (Å²) in [6.07, 6.45) is 0.795. The number of anilines is 1. The zero-order valence-corrected chi connectivity index (χ0v) is 18.2. The quantitative estimate of drug-likeness (QED) is 0.589. The van der Waals surface area contributed by atoms with Crippen molar-refractivity contribution < 1.29 is 18.7 Å². The maximum atomic E-state index is 12.5. The minimum Gasteiger partial charge on any atom is -0.483 e. The lowest BCUT2D eigenvalue weighted by atomic mass is 10.1. The predicted octanol–water partition coefficient (Wildman–Crippen LogP) is 3.45. The zero-order chi connectivity index (χ0) is 22.5. The Hall–Kier alpha value is -3.61. The Morgan fingerprint density at radius 2 is 1.87 bits per heavy atom. The third-order valence-electron chi connectivity index (χ3n) is 5.15. The Kier molecular flexibility index (Phi) is 6.74. The number of aryl methyl sites for hydroxylation is 3. The van der Waals surface area contributed by atoms with Gasteiger partial charge in [0.1, 0.15) is 11.3 Å². The van der Waals surface area contributed by atoms with Crippen LogP contribution in [0.15, 0.2) is 51.7 Å². The van der Waals surface area contributed by atoms with Gasteiger partial charge in [-0.05, 0) is 49.6 Å². The van der Waals surface area contributed by atoms with E-state index in [-0.39, 0.29) is 25.0 Å². The summed E-state index contributed by atoms with van der Waals surface area (Å²) in [5.74, 6) is -0.177. The van der Waals surface area contributed by atoms with E-state index in [0.717, 1.165) is 28.6 Å². The number of amides is 2. The molecule has 31 heavy (non-hydrogen) atoms. The average molecular weight is 422 g/mol. The highest BCUT2D eigenvalue weighted by Crippen LogP contribution is 2.28. The van der Waals surface area contributed by atoms with E-state index < -0.39 is 5.63 Å². The monoisotopic (exact) mass is 422 g/mol. The van der Waals surface area contributed by atoms with Gasteiger partial charge in [0, 0.05) is 29.8 Å². The van der Waals surface area contributed by atoms with Crippen LogP contribution in [0.5, 0.6) is 5.75 Å². The van der Waals surface area contributed by atoms with Gasteiger partial charge < -0.3 is 19.4 Å². The largest absolute Gasteiger partial charge is 0.483 e. The first kappa shape index (κ1) is 22.1. The fraction of sp³-hybridized carbons (Fsp3) is 0.292. The van der Waals surface area contributed by atoms with Crippen molar-refractivity contribution in [1.29, 1.82) is 0 Å². The molecule has 0 aliphatic rings. The summed E-state index contributed by atoms with van der Waals surface area (Å²) in [6.45, 7) is 5.29. The fourth-order valence-corrected chi connectivity index (χ4v) is 3.35. The Labute approximate surface area is 180 Å². The summed E-state index contributed by atoms with van der Waals surface area (Å²) in [4.78, 5) is 37.8. The molecule has 0 spiro atoms. The molecule has 0 aliphatic heterocycles. The number of ether oxygens (including phenoxy) is 1. The highest BCUT2D eigenvalue weighted by Gasteiger charge is 2.16. The lowest BCUT2D eigenvalue weighted by Crippen LogP contribution is -2.37. The number of para-hydroxylation sites is 1. The molecule has 2 aromatic carbocycles. The van der Waals surface area contributed by atoms with Crippen LogP contribution in [-0.4, -0.2) is 36.9 Å². The minimum absolute atomic E-state index is 0.0922. The van der Waals surface area contributed by atoms with E-state index >= 15 is 0 Å². The highest BCUT2D eigenvalue weighted by atomic mass is 16.5. The Balaban J connectivity index is 1.62. The topological polar surface area (TPSA) is 88.9 Å². The molecule has 1 N–H and O–H groups in total. The lowest BCUT2D eigenvalue weighted by molar-refractivity contribution is -0.135. The van der Waals surface area contributed by atoms with E-state index in [1.807, 2.05) is 38.1 Å². The van der Waals surface area contributed by atoms with Gasteiger partial charge in [0.05, 0.1) is 6.54 Å². The van der Waals surface area contributed by atoms with E-state index in [0.29, 0.717) is 16.9 Å². The lowest BCUT2D eigenvalue weighted by Gasteiger charge is -2.18. The number of hydrogen-bond acceptors (Lipinski definition) is 5. The molecule has 3 aromatic rings. The first-order valence-electron chi connectivity index (χ1n) is 10.1. The van der Waals surface area contributed by atoms with Gasteiger partial charge in [-0.15, -0.1) is 0 Å². The van der Waals surface area contributed by atoms with Crippen molar-refractivity contribution in [2.45, 2.75) is 27.2 Å². The van der Waals surface area contributed by atoms with Crippen LogP contribution < -0.4 is 15.7 Å². The van der Waals surface area contributed by atoms with Gasteiger partial charge in [-0.3, -0.25) is 9.59 Å². The first-order chi connectivity index (χ1) is 14.8. The molecule has 1 heterocycles. The molecule has 0 saturated carbocycles. The van der Waals surface area contributed by atoms with Gasteiger partial charge in [-0.1, -0.05) is 25.1 Å². The number of carbonyl (C=O) groups is 2. The van der Waals surface area contributed by atoms with Crippen LogP contribution in [0.3, 0.4) is 0 Å². The van der Waals surface area contributed by atoms with Gasteiger partial charge >= 0.3 is 5.63 Å². The number of hydrogen-bond donors (Lipinski definition) is 1. The minimum atomic E-state index is -0.434. The van der Waals surface area contributed by atoms with Crippen LogP contribution in [0.25, 0.3) is 11.0 Å². The molecule has 0 saturated heterocycles. The summed E-state index contributed by atoms with van der Waals surface area (Å²) < 4.78 is 11.0. The van der Waals surface area contributed by atoms with Crippen molar-refractivity contribution in [3.63, 3.8) is 0 Å². The molecular weight excluding hydrogens is 396 g/mol. The molecular formula is C24H26N2O5. The normalized spacial score (nSPS) is 10.7. The number of carbonyl (C=O) groups excluding carboxylic acids is 2. The molecule has 7 nitrogen and oxygen atoms in total. The summed E-state index contributed by atoms with van der Waals surface area (Å²) in [5.41, 5.74) is 3.24. The molecule has 0 unspecified atom stereocenters. The van der Waals surface area contributed by atoms with Crippen molar-refractivity contribution in [2.24, 2.45) is 0 Å². The molecule has 0 aliphatic carbocycles. The second-order valence-electron chi connectivity index (χ2n) is 7.41. The van der Waals surface area contributed by atoms with Crippen LogP contribution >= 0.6 is 0 Å². The molecule has 162 valence electrons. The molecule has 0 atom stereocenters. The second-order valence-corrected chi connectivity index (χ2v) is 7.41. The highest BCUT2D eigenvalue weighted by molar-refractivity contribution is 5.95. The van der Waals surface area contributed by atoms with Gasteiger partial charge in [0.25, 0.3) is 5.91 Å². The SMILES string of the molecule is CCc1ccccc1NC(=O)CN(C)C(=O)COc1ccc2c(C)cc(=O)oc2c1C. The maximum Gasteiger partial charge on any atom is 0.336 e. The van der Waals surface area contributed by atoms with Crippen LogP contribution in [0, 0.1) is 13.8 Å². The molecule has 1 aromatic heterocycles. The summed E-state index contributed by atoms with van der Waals surface area (Å²) in [5, 5.41) is 3.66. The molecule has 0 bridgehead atoms. The smallest absolute Gasteiger partial charge is 0.336 e. The molecule has 0 radical (unpaired) electrons. The van der Waals surface area contributed by atoms with Crippen molar-refractivity contribution in [1.82, 2.24) is 4.90 Å².